The fourth-order valence-electron chi connectivity index (χ4n) is 6.90. The summed E-state index contributed by atoms with van der Waals surface area (Å²) in [6, 6.07) is 0.234. The van der Waals surface area contributed by atoms with Gasteiger partial charge in [-0.15, -0.1) is 0 Å². The van der Waals surface area contributed by atoms with Gasteiger partial charge in [0.2, 0.25) is 5.91 Å². The van der Waals surface area contributed by atoms with Crippen LogP contribution < -0.4 is 0 Å². The van der Waals surface area contributed by atoms with Crippen LogP contribution in [0.2, 0.25) is 0 Å². The van der Waals surface area contributed by atoms with Crippen molar-refractivity contribution in [3.05, 3.63) is 12.2 Å². The van der Waals surface area contributed by atoms with Gasteiger partial charge in [-0.2, -0.15) is 0 Å². The van der Waals surface area contributed by atoms with Crippen LogP contribution in [0, 0.1) is 41.4 Å². The number of carbonyl (C=O) groups excluding carboxylic acids is 2. The maximum atomic E-state index is 12.4. The third kappa shape index (κ3) is 1.04. The van der Waals surface area contributed by atoms with E-state index in [4.69, 9.17) is 0 Å². The first-order valence-corrected chi connectivity index (χ1v) is 8.12. The molecule has 0 spiro atoms. The highest BCUT2D eigenvalue weighted by molar-refractivity contribution is 6.08. The van der Waals surface area contributed by atoms with Gasteiger partial charge in [-0.25, -0.2) is 0 Å². The monoisotopic (exact) mass is 271 g/mol. The molecule has 5 fully saturated rings. The summed E-state index contributed by atoms with van der Waals surface area (Å²) in [5.41, 5.74) is 0.504. The van der Waals surface area contributed by atoms with Crippen molar-refractivity contribution in [2.75, 3.05) is 0 Å². The Hall–Kier alpha value is -1.12. The van der Waals surface area contributed by atoms with Crippen molar-refractivity contribution >= 4 is 11.8 Å². The highest BCUT2D eigenvalue weighted by Gasteiger charge is 2.73. The van der Waals surface area contributed by atoms with Gasteiger partial charge >= 0.3 is 0 Å². The minimum absolute atomic E-state index is 0.108. The number of imide groups is 1. The number of hydrogen-bond acceptors (Lipinski definition) is 2. The van der Waals surface area contributed by atoms with Crippen LogP contribution in [0.5, 0.6) is 0 Å². The number of carbonyl (C=O) groups is 2. The fourth-order valence-corrected chi connectivity index (χ4v) is 6.90. The Morgan fingerprint density at radius 1 is 1.15 bits per heavy atom. The topological polar surface area (TPSA) is 37.4 Å². The van der Waals surface area contributed by atoms with Gasteiger partial charge in [0.15, 0.2) is 0 Å². The molecule has 106 valence electrons. The Labute approximate surface area is 119 Å². The zero-order chi connectivity index (χ0) is 13.8. The average molecular weight is 271 g/mol. The Balaban J connectivity index is 1.50. The van der Waals surface area contributed by atoms with Crippen LogP contribution in [-0.4, -0.2) is 22.8 Å². The summed E-state index contributed by atoms with van der Waals surface area (Å²) >= 11 is 0. The standard InChI is InChI=1S/C17H21NO2/c1-7(2)16(19)18-15-11-6-10(14(15)17(18)20)12-8-3-4-9(5-8)13(11)12/h8-15H,1,3-6H2,2H3. The molecule has 0 radical (unpaired) electrons. The lowest BCUT2D eigenvalue weighted by Crippen LogP contribution is -2.67. The van der Waals surface area contributed by atoms with Crippen molar-refractivity contribution in [2.45, 2.75) is 38.6 Å². The van der Waals surface area contributed by atoms with Crippen LogP contribution in [0.25, 0.3) is 0 Å². The van der Waals surface area contributed by atoms with Crippen LogP contribution >= 0.6 is 0 Å². The number of hydrogen-bond donors (Lipinski definition) is 0. The normalized spacial score (nSPS) is 53.9. The molecule has 4 bridgehead atoms. The van der Waals surface area contributed by atoms with Crippen molar-refractivity contribution in [1.29, 1.82) is 0 Å². The van der Waals surface area contributed by atoms with E-state index in [1.165, 1.54) is 25.7 Å². The second-order valence-corrected chi connectivity index (χ2v) is 7.86. The van der Waals surface area contributed by atoms with Gasteiger partial charge in [0, 0.05) is 5.57 Å². The van der Waals surface area contributed by atoms with E-state index in [1.807, 2.05) is 0 Å². The molecule has 3 nitrogen and oxygen atoms in total. The van der Waals surface area contributed by atoms with Crippen LogP contribution in [0.4, 0.5) is 0 Å². The number of likely N-dealkylation sites (tertiary alicyclic amines) is 1. The highest BCUT2D eigenvalue weighted by Crippen LogP contribution is 2.71. The largest absolute Gasteiger partial charge is 0.274 e. The molecule has 1 saturated heterocycles. The van der Waals surface area contributed by atoms with E-state index in [0.717, 1.165) is 23.7 Å². The van der Waals surface area contributed by atoms with Crippen LogP contribution in [-0.2, 0) is 9.59 Å². The number of fused-ring (bicyclic) bond motifs is 12. The molecule has 5 aliphatic rings. The van der Waals surface area contributed by atoms with E-state index in [1.54, 1.807) is 11.8 Å². The predicted molar refractivity (Wildman–Crippen MR) is 73.4 cm³/mol. The van der Waals surface area contributed by atoms with E-state index in [2.05, 4.69) is 6.58 Å². The average Bonchev–Trinajstić information content (AvgIpc) is 3.13. The second-order valence-electron chi connectivity index (χ2n) is 7.86. The molecule has 1 heterocycles. The Kier molecular flexibility index (Phi) is 1.94. The number of nitrogens with zero attached hydrogens (tertiary/aromatic N) is 1. The third-order valence-electron chi connectivity index (χ3n) is 7.25. The minimum Gasteiger partial charge on any atom is -0.274 e. The van der Waals surface area contributed by atoms with Crippen LogP contribution in [0.3, 0.4) is 0 Å². The highest BCUT2D eigenvalue weighted by atomic mass is 16.2. The Bertz CT molecular complexity index is 553. The molecule has 1 aliphatic heterocycles. The van der Waals surface area contributed by atoms with Gasteiger partial charge in [-0.3, -0.25) is 14.5 Å². The zero-order valence-corrected chi connectivity index (χ0v) is 11.9. The Morgan fingerprint density at radius 2 is 1.80 bits per heavy atom. The van der Waals surface area contributed by atoms with Crippen LogP contribution in [0.15, 0.2) is 12.2 Å². The van der Waals surface area contributed by atoms with E-state index in [9.17, 15) is 9.59 Å². The van der Waals surface area contributed by atoms with Crippen molar-refractivity contribution in [1.82, 2.24) is 4.90 Å². The zero-order valence-electron chi connectivity index (χ0n) is 11.9. The van der Waals surface area contributed by atoms with E-state index >= 15 is 0 Å². The quantitative estimate of drug-likeness (QED) is 0.416. The molecular weight excluding hydrogens is 250 g/mol. The van der Waals surface area contributed by atoms with Crippen LogP contribution in [0.1, 0.15) is 32.6 Å². The second kappa shape index (κ2) is 3.37. The molecule has 3 heteroatoms. The number of rotatable bonds is 1. The first-order chi connectivity index (χ1) is 9.59. The molecular formula is C17H21NO2. The predicted octanol–water partition coefficient (Wildman–Crippen LogP) is 2.23. The lowest BCUT2D eigenvalue weighted by Gasteiger charge is -2.53. The Morgan fingerprint density at radius 3 is 2.45 bits per heavy atom. The molecule has 4 saturated carbocycles. The molecule has 8 unspecified atom stereocenters. The molecule has 2 amide bonds. The van der Waals surface area contributed by atoms with Gasteiger partial charge in [-0.05, 0) is 68.1 Å². The molecule has 0 aromatic rings. The lowest BCUT2D eigenvalue weighted by molar-refractivity contribution is -0.173. The molecule has 4 aliphatic carbocycles. The lowest BCUT2D eigenvalue weighted by atomic mass is 9.62. The smallest absolute Gasteiger partial charge is 0.255 e. The first-order valence-electron chi connectivity index (χ1n) is 8.12. The van der Waals surface area contributed by atoms with E-state index in [0.29, 0.717) is 17.4 Å². The number of β-lactam (4-membered cyclic amide) rings is 1. The van der Waals surface area contributed by atoms with Crippen molar-refractivity contribution in [2.24, 2.45) is 41.4 Å². The SMILES string of the molecule is C=C(C)C(=O)N1C(=O)C2C3CC(C4C5CCC(C5)C34)C21. The van der Waals surface area contributed by atoms with Crippen molar-refractivity contribution < 1.29 is 9.59 Å². The summed E-state index contributed by atoms with van der Waals surface area (Å²) in [4.78, 5) is 26.2. The van der Waals surface area contributed by atoms with Gasteiger partial charge in [-0.1, -0.05) is 6.58 Å². The maximum Gasteiger partial charge on any atom is 0.255 e. The number of amides is 2. The van der Waals surface area contributed by atoms with Gasteiger partial charge in [0.25, 0.3) is 5.91 Å². The third-order valence-corrected chi connectivity index (χ3v) is 7.25. The van der Waals surface area contributed by atoms with Crippen molar-refractivity contribution in [3.63, 3.8) is 0 Å². The molecule has 8 atom stereocenters. The summed E-state index contributed by atoms with van der Waals surface area (Å²) in [7, 11) is 0. The fraction of sp³-hybridized carbons (Fsp3) is 0.765. The minimum atomic E-state index is -0.122. The summed E-state index contributed by atoms with van der Waals surface area (Å²) in [6.45, 7) is 5.45. The summed E-state index contributed by atoms with van der Waals surface area (Å²) in [5, 5.41) is 0. The molecule has 0 N–H and O–H groups in total. The van der Waals surface area contributed by atoms with Gasteiger partial charge in [0.05, 0.1) is 12.0 Å². The molecule has 20 heavy (non-hydrogen) atoms. The first kappa shape index (κ1) is 11.5. The van der Waals surface area contributed by atoms with Crippen molar-refractivity contribution in [3.8, 4) is 0 Å². The summed E-state index contributed by atoms with van der Waals surface area (Å²) in [6.07, 6.45) is 5.41. The summed E-state index contributed by atoms with van der Waals surface area (Å²) in [5.74, 6) is 4.85. The molecule has 0 aromatic carbocycles. The maximum absolute atomic E-state index is 12.4. The van der Waals surface area contributed by atoms with Gasteiger partial charge < -0.3 is 0 Å². The summed E-state index contributed by atoms with van der Waals surface area (Å²) < 4.78 is 0. The van der Waals surface area contributed by atoms with E-state index in [-0.39, 0.29) is 23.8 Å². The molecule has 0 aromatic heterocycles. The van der Waals surface area contributed by atoms with E-state index < -0.39 is 0 Å². The molecule has 5 rings (SSSR count). The van der Waals surface area contributed by atoms with Gasteiger partial charge in [0.1, 0.15) is 0 Å².